The second-order valence-corrected chi connectivity index (χ2v) is 12.3. The molecule has 1 aliphatic heterocycles. The van der Waals surface area contributed by atoms with E-state index < -0.39 is 30.3 Å². The Morgan fingerprint density at radius 1 is 1.07 bits per heavy atom. The van der Waals surface area contributed by atoms with Crippen LogP contribution in [-0.4, -0.2) is 77.9 Å². The smallest absolute Gasteiger partial charge is 0.416 e. The van der Waals surface area contributed by atoms with Gasteiger partial charge in [0.25, 0.3) is 5.91 Å². The van der Waals surface area contributed by atoms with Gasteiger partial charge < -0.3 is 24.8 Å². The summed E-state index contributed by atoms with van der Waals surface area (Å²) in [5.41, 5.74) is 2.73. The van der Waals surface area contributed by atoms with Gasteiger partial charge in [-0.25, -0.2) is 9.78 Å². The van der Waals surface area contributed by atoms with Gasteiger partial charge in [-0.2, -0.15) is 0 Å². The number of methoxy groups -OCH3 is 1. The number of benzene rings is 2. The highest BCUT2D eigenvalue weighted by molar-refractivity contribution is 5.95. The minimum absolute atomic E-state index is 0.00741. The first-order valence-corrected chi connectivity index (χ1v) is 15.9. The normalized spacial score (nSPS) is 16.5. The molecule has 246 valence electrons. The number of rotatable bonds is 15. The first kappa shape index (κ1) is 34.4. The summed E-state index contributed by atoms with van der Waals surface area (Å²) >= 11 is 0. The van der Waals surface area contributed by atoms with Gasteiger partial charge in [-0.1, -0.05) is 76.6 Å². The van der Waals surface area contributed by atoms with Crippen LogP contribution in [0.15, 0.2) is 72.9 Å². The van der Waals surface area contributed by atoms with Gasteiger partial charge in [0.05, 0.1) is 32.2 Å². The number of amides is 3. The van der Waals surface area contributed by atoms with E-state index in [-0.39, 0.29) is 37.3 Å². The largest absolute Gasteiger partial charge is 0.497 e. The van der Waals surface area contributed by atoms with Crippen molar-refractivity contribution in [3.05, 3.63) is 89.6 Å². The number of cyclic esters (lactones) is 1. The topological polar surface area (TPSA) is 121 Å². The van der Waals surface area contributed by atoms with Gasteiger partial charge in [0.1, 0.15) is 11.6 Å². The number of carbonyl (C=O) groups excluding carboxylic acids is 3. The minimum atomic E-state index is -1.10. The van der Waals surface area contributed by atoms with Crippen molar-refractivity contribution < 1.29 is 29.0 Å². The summed E-state index contributed by atoms with van der Waals surface area (Å²) in [6.07, 6.45) is 0.123. The number of hydrogen-bond acceptors (Lipinski definition) is 7. The zero-order valence-electron chi connectivity index (χ0n) is 27.4. The highest BCUT2D eigenvalue weighted by Gasteiger charge is 2.39. The van der Waals surface area contributed by atoms with Crippen LogP contribution in [-0.2, 0) is 27.2 Å². The second-order valence-electron chi connectivity index (χ2n) is 12.3. The van der Waals surface area contributed by atoms with Crippen LogP contribution in [0.5, 0.6) is 5.75 Å². The molecule has 1 saturated heterocycles. The summed E-state index contributed by atoms with van der Waals surface area (Å²) in [6, 6.07) is 19.8. The summed E-state index contributed by atoms with van der Waals surface area (Å²) in [7, 11) is 1.58. The van der Waals surface area contributed by atoms with Gasteiger partial charge in [-0.15, -0.1) is 0 Å². The van der Waals surface area contributed by atoms with Gasteiger partial charge in [-0.3, -0.25) is 14.5 Å². The van der Waals surface area contributed by atoms with E-state index in [9.17, 15) is 19.5 Å². The Morgan fingerprint density at radius 3 is 2.50 bits per heavy atom. The van der Waals surface area contributed by atoms with Gasteiger partial charge in [-0.05, 0) is 59.2 Å². The fourth-order valence-electron chi connectivity index (χ4n) is 5.36. The number of ether oxygens (including phenoxy) is 2. The summed E-state index contributed by atoms with van der Waals surface area (Å²) < 4.78 is 10.8. The van der Waals surface area contributed by atoms with Crippen LogP contribution < -0.4 is 15.0 Å². The molecule has 2 heterocycles. The Hall–Kier alpha value is -4.44. The molecule has 2 unspecified atom stereocenters. The van der Waals surface area contributed by atoms with Crippen molar-refractivity contribution in [2.45, 2.75) is 71.1 Å². The van der Waals surface area contributed by atoms with E-state index in [4.69, 9.17) is 9.47 Å². The van der Waals surface area contributed by atoms with Crippen LogP contribution in [0.25, 0.3) is 0 Å². The number of nitrogens with one attached hydrogen (secondary N) is 1. The van der Waals surface area contributed by atoms with Crippen molar-refractivity contribution in [2.75, 3.05) is 31.6 Å². The fraction of sp³-hybridized carbons (Fsp3) is 0.444. The Balaban J connectivity index is 1.50. The quantitative estimate of drug-likeness (QED) is 0.249. The minimum Gasteiger partial charge on any atom is -0.497 e. The molecule has 4 rings (SSSR count). The number of anilines is 1. The number of pyridine rings is 1. The van der Waals surface area contributed by atoms with E-state index in [1.54, 1.807) is 18.2 Å². The van der Waals surface area contributed by atoms with Crippen LogP contribution >= 0.6 is 0 Å². The lowest BCUT2D eigenvalue weighted by Gasteiger charge is -2.32. The first-order chi connectivity index (χ1) is 22.1. The maximum Gasteiger partial charge on any atom is 0.416 e. The SMILES string of the molecule is CC[C@H](C)CN(CC(O)C(Cc1ccccc1)NC(=O)[C@@H]1CN(c2cc(C(C)C)ccn2)C(=O)O1)C(=O)Cc1cccc(OC)c1. The molecule has 0 saturated carbocycles. The van der Waals surface area contributed by atoms with Crippen LogP contribution in [0.3, 0.4) is 0 Å². The second kappa shape index (κ2) is 16.2. The number of carbonyl (C=O) groups is 3. The maximum absolute atomic E-state index is 13.6. The van der Waals surface area contributed by atoms with Crippen LogP contribution in [0.4, 0.5) is 10.6 Å². The molecule has 1 aromatic heterocycles. The van der Waals surface area contributed by atoms with Crippen molar-refractivity contribution >= 4 is 23.7 Å². The van der Waals surface area contributed by atoms with Gasteiger partial charge >= 0.3 is 6.09 Å². The van der Waals surface area contributed by atoms with Crippen molar-refractivity contribution in [1.29, 1.82) is 0 Å². The molecule has 46 heavy (non-hydrogen) atoms. The highest BCUT2D eigenvalue weighted by atomic mass is 16.6. The molecule has 0 radical (unpaired) electrons. The number of hydrogen-bond donors (Lipinski definition) is 2. The molecule has 1 aliphatic rings. The average molecular weight is 631 g/mol. The maximum atomic E-state index is 13.6. The molecule has 0 bridgehead atoms. The molecule has 10 nitrogen and oxygen atoms in total. The summed E-state index contributed by atoms with van der Waals surface area (Å²) in [4.78, 5) is 47.3. The van der Waals surface area contributed by atoms with Crippen molar-refractivity contribution in [1.82, 2.24) is 15.2 Å². The molecule has 2 aromatic carbocycles. The van der Waals surface area contributed by atoms with Crippen molar-refractivity contribution in [2.24, 2.45) is 5.92 Å². The average Bonchev–Trinajstić information content (AvgIpc) is 3.46. The predicted molar refractivity (Wildman–Crippen MR) is 177 cm³/mol. The van der Waals surface area contributed by atoms with Crippen molar-refractivity contribution in [3.63, 3.8) is 0 Å². The molecule has 0 aliphatic carbocycles. The van der Waals surface area contributed by atoms with E-state index in [1.165, 1.54) is 4.90 Å². The van der Waals surface area contributed by atoms with E-state index in [0.29, 0.717) is 24.5 Å². The predicted octanol–water partition coefficient (Wildman–Crippen LogP) is 4.74. The highest BCUT2D eigenvalue weighted by Crippen LogP contribution is 2.24. The Morgan fingerprint density at radius 2 is 1.80 bits per heavy atom. The number of aliphatic hydroxyl groups excluding tert-OH is 1. The lowest BCUT2D eigenvalue weighted by molar-refractivity contribution is -0.133. The molecule has 3 aromatic rings. The van der Waals surface area contributed by atoms with E-state index in [0.717, 1.165) is 23.1 Å². The van der Waals surface area contributed by atoms with Gasteiger partial charge in [0.2, 0.25) is 5.91 Å². The van der Waals surface area contributed by atoms with Crippen LogP contribution in [0.2, 0.25) is 0 Å². The molecule has 4 atom stereocenters. The Bertz CT molecular complexity index is 1470. The third-order valence-corrected chi connectivity index (χ3v) is 8.39. The molecule has 0 spiro atoms. The Kier molecular flexibility index (Phi) is 12.1. The molecule has 2 N–H and O–H groups in total. The standard InChI is InChI=1S/C36H46N4O6/c1-6-25(4)21-39(34(42)19-27-13-10-14-29(17-27)45-5)22-31(41)30(18-26-11-8-7-9-12-26)38-35(43)32-23-40(36(44)46-32)33-20-28(24(2)3)15-16-37-33/h7-17,20,24-25,30-32,41H,6,18-19,21-23H2,1-5H3,(H,38,43)/t25-,30?,31?,32-/m0/s1. The van der Waals surface area contributed by atoms with Crippen LogP contribution in [0, 0.1) is 5.92 Å². The molecular weight excluding hydrogens is 584 g/mol. The summed E-state index contributed by atoms with van der Waals surface area (Å²) in [6.45, 7) is 8.69. The zero-order valence-corrected chi connectivity index (χ0v) is 27.4. The monoisotopic (exact) mass is 630 g/mol. The molecule has 10 heteroatoms. The van der Waals surface area contributed by atoms with Crippen LogP contribution in [0.1, 0.15) is 56.7 Å². The lowest BCUT2D eigenvalue weighted by atomic mass is 9.99. The molecular formula is C36H46N4O6. The number of aromatic nitrogens is 1. The number of nitrogens with zero attached hydrogens (tertiary/aromatic N) is 3. The van der Waals surface area contributed by atoms with Crippen molar-refractivity contribution in [3.8, 4) is 5.75 Å². The van der Waals surface area contributed by atoms with E-state index in [2.05, 4.69) is 24.1 Å². The number of aliphatic hydroxyl groups is 1. The first-order valence-electron chi connectivity index (χ1n) is 15.9. The molecule has 1 fully saturated rings. The van der Waals surface area contributed by atoms with Gasteiger partial charge in [0, 0.05) is 19.3 Å². The summed E-state index contributed by atoms with van der Waals surface area (Å²) in [5, 5.41) is 14.6. The third kappa shape index (κ3) is 9.29. The van der Waals surface area contributed by atoms with E-state index in [1.807, 2.05) is 80.6 Å². The summed E-state index contributed by atoms with van der Waals surface area (Å²) in [5.74, 6) is 0.875. The lowest BCUT2D eigenvalue weighted by Crippen LogP contribution is -2.53. The molecule has 3 amide bonds. The van der Waals surface area contributed by atoms with E-state index >= 15 is 0 Å². The zero-order chi connectivity index (χ0) is 33.2. The fourth-order valence-corrected chi connectivity index (χ4v) is 5.36. The van der Waals surface area contributed by atoms with Gasteiger partial charge in [0.15, 0.2) is 6.10 Å². The third-order valence-electron chi connectivity index (χ3n) is 8.39. The Labute approximate surface area is 271 Å².